The molecule has 0 aliphatic rings. The van der Waals surface area contributed by atoms with Crippen LogP contribution in [0.4, 0.5) is 5.69 Å². The second kappa shape index (κ2) is 4.14. The number of halogens is 1. The molecule has 3 N–H and O–H groups in total. The van der Waals surface area contributed by atoms with Gasteiger partial charge >= 0.3 is 0 Å². The summed E-state index contributed by atoms with van der Waals surface area (Å²) in [4.78, 5) is 11.1. The number of nitrogens with zero attached hydrogens (tertiary/aromatic N) is 2. The van der Waals surface area contributed by atoms with E-state index in [9.17, 15) is 4.79 Å². The molecule has 0 atom stereocenters. The highest BCUT2D eigenvalue weighted by Crippen LogP contribution is 2.14. The quantitative estimate of drug-likeness (QED) is 0.720. The summed E-state index contributed by atoms with van der Waals surface area (Å²) in [5.74, 6) is 0. The summed E-state index contributed by atoms with van der Waals surface area (Å²) in [6.45, 7) is 0.505. The molecule has 2 aromatic heterocycles. The van der Waals surface area contributed by atoms with Crippen molar-refractivity contribution in [2.24, 2.45) is 0 Å². The Labute approximate surface area is 89.7 Å². The Hall–Kier alpha value is -1.82. The molecule has 0 spiro atoms. The Kier molecular flexibility index (Phi) is 2.68. The first-order chi connectivity index (χ1) is 7.27. The van der Waals surface area contributed by atoms with Crippen LogP contribution in [0.25, 0.3) is 0 Å². The van der Waals surface area contributed by atoms with Gasteiger partial charge in [-0.05, 0) is 6.07 Å². The smallest absolute Gasteiger partial charge is 0.285 e. The molecule has 2 heterocycles. The van der Waals surface area contributed by atoms with E-state index in [-0.39, 0.29) is 5.02 Å². The molecule has 0 aliphatic carbocycles. The molecular formula is C8H8ClN5O. The van der Waals surface area contributed by atoms with E-state index in [2.05, 4.69) is 25.7 Å². The summed E-state index contributed by atoms with van der Waals surface area (Å²) in [6.07, 6.45) is 3.11. The van der Waals surface area contributed by atoms with Gasteiger partial charge in [-0.3, -0.25) is 9.89 Å². The van der Waals surface area contributed by atoms with E-state index in [0.717, 1.165) is 5.69 Å². The lowest BCUT2D eigenvalue weighted by molar-refractivity contribution is 0.959. The number of H-pyrrole nitrogens is 2. The zero-order chi connectivity index (χ0) is 10.7. The maximum atomic E-state index is 11.1. The topological polar surface area (TPSA) is 86.5 Å². The molecule has 0 saturated heterocycles. The van der Waals surface area contributed by atoms with E-state index < -0.39 is 5.56 Å². The predicted octanol–water partition coefficient (Wildman–Crippen LogP) is 0.758. The van der Waals surface area contributed by atoms with Gasteiger partial charge in [0.15, 0.2) is 0 Å². The normalized spacial score (nSPS) is 10.2. The molecule has 0 unspecified atom stereocenters. The molecule has 0 bridgehead atoms. The fraction of sp³-hybridized carbons (Fsp3) is 0.125. The van der Waals surface area contributed by atoms with Gasteiger partial charge < -0.3 is 5.32 Å². The second-order valence-corrected chi connectivity index (χ2v) is 3.24. The lowest BCUT2D eigenvalue weighted by Crippen LogP contribution is -2.11. The fourth-order valence-corrected chi connectivity index (χ4v) is 1.24. The maximum absolute atomic E-state index is 11.1. The van der Waals surface area contributed by atoms with Crippen molar-refractivity contribution in [3.63, 3.8) is 0 Å². The van der Waals surface area contributed by atoms with Gasteiger partial charge in [0.25, 0.3) is 5.56 Å². The van der Waals surface area contributed by atoms with Gasteiger partial charge in [0.05, 0.1) is 24.1 Å². The Morgan fingerprint density at radius 3 is 3.00 bits per heavy atom. The minimum atomic E-state index is -0.411. The summed E-state index contributed by atoms with van der Waals surface area (Å²) in [6, 6.07) is 1.82. The van der Waals surface area contributed by atoms with Crippen LogP contribution in [-0.4, -0.2) is 20.4 Å². The van der Waals surface area contributed by atoms with Crippen LogP contribution < -0.4 is 10.9 Å². The molecular weight excluding hydrogens is 218 g/mol. The summed E-state index contributed by atoms with van der Waals surface area (Å²) in [5.41, 5.74) is 0.979. The van der Waals surface area contributed by atoms with Crippen molar-refractivity contribution < 1.29 is 0 Å². The largest absolute Gasteiger partial charge is 0.377 e. The summed E-state index contributed by atoms with van der Waals surface area (Å²) >= 11 is 5.76. The van der Waals surface area contributed by atoms with Crippen LogP contribution in [0.1, 0.15) is 5.69 Å². The number of aromatic nitrogens is 4. The Morgan fingerprint density at radius 2 is 2.27 bits per heavy atom. The lowest BCUT2D eigenvalue weighted by Gasteiger charge is -2.04. The molecule has 7 heteroatoms. The van der Waals surface area contributed by atoms with Gasteiger partial charge in [-0.15, -0.1) is 0 Å². The lowest BCUT2D eigenvalue weighted by atomic mass is 10.4. The minimum absolute atomic E-state index is 0.101. The van der Waals surface area contributed by atoms with Crippen LogP contribution in [0.3, 0.4) is 0 Å². The molecule has 0 saturated carbocycles. The van der Waals surface area contributed by atoms with Crippen molar-refractivity contribution in [3.8, 4) is 0 Å². The summed E-state index contributed by atoms with van der Waals surface area (Å²) < 4.78 is 0. The summed E-state index contributed by atoms with van der Waals surface area (Å²) in [7, 11) is 0. The first-order valence-electron chi connectivity index (χ1n) is 4.22. The molecule has 0 radical (unpaired) electrons. The minimum Gasteiger partial charge on any atom is -0.377 e. The van der Waals surface area contributed by atoms with Gasteiger partial charge in [-0.2, -0.15) is 10.2 Å². The van der Waals surface area contributed by atoms with Gasteiger partial charge in [-0.1, -0.05) is 11.6 Å². The van der Waals surface area contributed by atoms with Crippen LogP contribution in [-0.2, 0) is 6.54 Å². The Morgan fingerprint density at radius 1 is 1.40 bits per heavy atom. The first-order valence-corrected chi connectivity index (χ1v) is 4.60. The number of aromatic amines is 2. The van der Waals surface area contributed by atoms with E-state index in [1.54, 1.807) is 6.20 Å². The third kappa shape index (κ3) is 2.16. The predicted molar refractivity (Wildman–Crippen MR) is 55.8 cm³/mol. The number of rotatable bonds is 3. The van der Waals surface area contributed by atoms with Gasteiger partial charge in [0.1, 0.15) is 5.02 Å². The third-order valence-corrected chi connectivity index (χ3v) is 2.20. The van der Waals surface area contributed by atoms with Crippen LogP contribution in [0, 0.1) is 0 Å². The standard InChI is InChI=1S/C8H8ClN5O/c9-7-6(4-12-14-8(7)15)10-3-5-1-2-11-13-5/h1-2,4H,3H2,(H,11,13)(H2,10,14,15). The van der Waals surface area contributed by atoms with Crippen LogP contribution in [0.5, 0.6) is 0 Å². The third-order valence-electron chi connectivity index (χ3n) is 1.82. The van der Waals surface area contributed by atoms with E-state index in [1.807, 2.05) is 6.07 Å². The molecule has 15 heavy (non-hydrogen) atoms. The van der Waals surface area contributed by atoms with Gasteiger partial charge in [0, 0.05) is 6.20 Å². The highest BCUT2D eigenvalue weighted by atomic mass is 35.5. The zero-order valence-corrected chi connectivity index (χ0v) is 8.38. The molecule has 0 aromatic carbocycles. The van der Waals surface area contributed by atoms with Crippen LogP contribution in [0.15, 0.2) is 23.3 Å². The van der Waals surface area contributed by atoms with E-state index >= 15 is 0 Å². The van der Waals surface area contributed by atoms with Crippen LogP contribution in [0.2, 0.25) is 5.02 Å². The molecule has 0 aliphatic heterocycles. The monoisotopic (exact) mass is 225 g/mol. The summed E-state index contributed by atoms with van der Waals surface area (Å²) in [5, 5.41) is 15.5. The highest BCUT2D eigenvalue weighted by Gasteiger charge is 2.04. The number of hydrogen-bond donors (Lipinski definition) is 3. The highest BCUT2D eigenvalue weighted by molar-refractivity contribution is 6.32. The van der Waals surface area contributed by atoms with Gasteiger partial charge in [0.2, 0.25) is 0 Å². The number of nitrogens with one attached hydrogen (secondary N) is 3. The van der Waals surface area contributed by atoms with E-state index in [0.29, 0.717) is 12.2 Å². The molecule has 0 fully saturated rings. The molecule has 2 aromatic rings. The number of hydrogen-bond acceptors (Lipinski definition) is 4. The van der Waals surface area contributed by atoms with Crippen molar-refractivity contribution in [2.45, 2.75) is 6.54 Å². The van der Waals surface area contributed by atoms with Crippen LogP contribution >= 0.6 is 11.6 Å². The maximum Gasteiger partial charge on any atom is 0.285 e. The van der Waals surface area contributed by atoms with E-state index in [4.69, 9.17) is 11.6 Å². The van der Waals surface area contributed by atoms with Crippen molar-refractivity contribution >= 4 is 17.3 Å². The van der Waals surface area contributed by atoms with Crippen molar-refractivity contribution in [1.82, 2.24) is 20.4 Å². The van der Waals surface area contributed by atoms with Crippen molar-refractivity contribution in [3.05, 3.63) is 39.5 Å². The second-order valence-electron chi connectivity index (χ2n) is 2.86. The van der Waals surface area contributed by atoms with Gasteiger partial charge in [-0.25, -0.2) is 5.10 Å². The average molecular weight is 226 g/mol. The number of anilines is 1. The molecule has 6 nitrogen and oxygen atoms in total. The van der Waals surface area contributed by atoms with Crippen molar-refractivity contribution in [2.75, 3.05) is 5.32 Å². The Balaban J connectivity index is 2.12. The van der Waals surface area contributed by atoms with E-state index in [1.165, 1.54) is 6.20 Å². The first kappa shape index (κ1) is 9.72. The average Bonchev–Trinajstić information content (AvgIpc) is 2.73. The fourth-order valence-electron chi connectivity index (χ4n) is 1.08. The zero-order valence-electron chi connectivity index (χ0n) is 7.62. The SMILES string of the molecule is O=c1[nH]ncc(NCc2ccn[nH]2)c1Cl. The molecule has 2 rings (SSSR count). The molecule has 78 valence electrons. The van der Waals surface area contributed by atoms with Crippen molar-refractivity contribution in [1.29, 1.82) is 0 Å². The Bertz CT molecular complexity index is 492. The molecule has 0 amide bonds.